The van der Waals surface area contributed by atoms with Crippen molar-refractivity contribution < 1.29 is 5.11 Å². The Hall–Kier alpha value is -1.64. The Morgan fingerprint density at radius 1 is 1.12 bits per heavy atom. The first-order chi connectivity index (χ1) is 12.1. The fourth-order valence-corrected chi connectivity index (χ4v) is 4.98. The average molecular weight is 335 g/mol. The third kappa shape index (κ3) is 2.54. The SMILES string of the molecule is CCc1ccc2c(c1)C(O)(c1ccc(C)cc1)[C@@H]1CCN(CC)C[C@H]21. The number of piperidine rings is 1. The Bertz CT molecular complexity index is 766. The van der Waals surface area contributed by atoms with Gasteiger partial charge in [-0.15, -0.1) is 0 Å². The third-order valence-corrected chi connectivity index (χ3v) is 6.51. The van der Waals surface area contributed by atoms with Crippen LogP contribution in [-0.4, -0.2) is 29.6 Å². The minimum absolute atomic E-state index is 0.278. The summed E-state index contributed by atoms with van der Waals surface area (Å²) in [6.07, 6.45) is 2.06. The van der Waals surface area contributed by atoms with Crippen LogP contribution in [0.2, 0.25) is 0 Å². The molecule has 1 heterocycles. The molecule has 25 heavy (non-hydrogen) atoms. The maximum absolute atomic E-state index is 12.1. The quantitative estimate of drug-likeness (QED) is 0.907. The highest BCUT2D eigenvalue weighted by Crippen LogP contribution is 2.55. The van der Waals surface area contributed by atoms with Crippen LogP contribution in [0.4, 0.5) is 0 Å². The summed E-state index contributed by atoms with van der Waals surface area (Å²) in [7, 11) is 0. The van der Waals surface area contributed by atoms with Crippen LogP contribution in [0.3, 0.4) is 0 Å². The van der Waals surface area contributed by atoms with Gasteiger partial charge in [0.15, 0.2) is 0 Å². The van der Waals surface area contributed by atoms with Gasteiger partial charge in [-0.3, -0.25) is 0 Å². The molecule has 1 unspecified atom stereocenters. The Morgan fingerprint density at radius 3 is 2.56 bits per heavy atom. The van der Waals surface area contributed by atoms with Gasteiger partial charge < -0.3 is 10.0 Å². The van der Waals surface area contributed by atoms with Crippen molar-refractivity contribution in [3.63, 3.8) is 0 Å². The zero-order valence-corrected chi connectivity index (χ0v) is 15.6. The number of aryl methyl sites for hydroxylation is 2. The van der Waals surface area contributed by atoms with E-state index in [2.05, 4.69) is 68.1 Å². The first kappa shape index (κ1) is 16.8. The number of hydrogen-bond donors (Lipinski definition) is 1. The molecule has 0 amide bonds. The van der Waals surface area contributed by atoms with Gasteiger partial charge in [0.25, 0.3) is 0 Å². The molecule has 2 aromatic carbocycles. The topological polar surface area (TPSA) is 23.5 Å². The molecule has 1 N–H and O–H groups in total. The van der Waals surface area contributed by atoms with Gasteiger partial charge in [0.2, 0.25) is 0 Å². The smallest absolute Gasteiger partial charge is 0.118 e. The van der Waals surface area contributed by atoms with E-state index in [1.807, 2.05) is 0 Å². The molecule has 132 valence electrons. The molecule has 1 aliphatic carbocycles. The van der Waals surface area contributed by atoms with Crippen LogP contribution in [0.1, 0.15) is 54.0 Å². The first-order valence-corrected chi connectivity index (χ1v) is 9.73. The Kier molecular flexibility index (Phi) is 4.21. The lowest BCUT2D eigenvalue weighted by molar-refractivity contribution is -0.00742. The largest absolute Gasteiger partial charge is 0.380 e. The molecule has 0 aromatic heterocycles. The zero-order valence-electron chi connectivity index (χ0n) is 15.6. The molecular formula is C23H29NO. The molecule has 2 heteroatoms. The number of likely N-dealkylation sites (tertiary alicyclic amines) is 1. The summed E-state index contributed by atoms with van der Waals surface area (Å²) in [6, 6.07) is 15.3. The standard InChI is InChI=1S/C23H29NO/c1-4-17-8-11-19-20-15-24(5-2)13-12-21(20)23(25,22(19)14-17)18-9-6-16(3)7-10-18/h6-11,14,20-21,25H,4-5,12-13,15H2,1-3H3/t20-,21-,23?/m1/s1. The number of aliphatic hydroxyl groups is 1. The lowest BCUT2D eigenvalue weighted by Gasteiger charge is -2.40. The maximum atomic E-state index is 12.1. The number of rotatable bonds is 3. The van der Waals surface area contributed by atoms with Crippen molar-refractivity contribution in [3.05, 3.63) is 70.3 Å². The minimum Gasteiger partial charge on any atom is -0.380 e. The van der Waals surface area contributed by atoms with Gasteiger partial charge in [0.05, 0.1) is 0 Å². The molecule has 0 bridgehead atoms. The fourth-order valence-electron chi connectivity index (χ4n) is 4.98. The lowest BCUT2D eigenvalue weighted by atomic mass is 9.74. The van der Waals surface area contributed by atoms with E-state index in [0.29, 0.717) is 5.92 Å². The second-order valence-corrected chi connectivity index (χ2v) is 7.80. The summed E-state index contributed by atoms with van der Waals surface area (Å²) in [5, 5.41) is 12.1. The van der Waals surface area contributed by atoms with Crippen LogP contribution in [0.25, 0.3) is 0 Å². The van der Waals surface area contributed by atoms with E-state index in [1.54, 1.807) is 0 Å². The fraction of sp³-hybridized carbons (Fsp3) is 0.478. The Morgan fingerprint density at radius 2 is 1.88 bits per heavy atom. The van der Waals surface area contributed by atoms with Gasteiger partial charge in [-0.05, 0) is 55.1 Å². The van der Waals surface area contributed by atoms with Crippen molar-refractivity contribution in [2.45, 2.75) is 45.1 Å². The second-order valence-electron chi connectivity index (χ2n) is 7.80. The van der Waals surface area contributed by atoms with E-state index < -0.39 is 5.60 Å². The number of nitrogens with zero attached hydrogens (tertiary/aromatic N) is 1. The predicted octanol–water partition coefficient (Wildman–Crippen LogP) is 4.23. The third-order valence-electron chi connectivity index (χ3n) is 6.51. The van der Waals surface area contributed by atoms with Gasteiger partial charge in [-0.25, -0.2) is 0 Å². The monoisotopic (exact) mass is 335 g/mol. The van der Waals surface area contributed by atoms with E-state index in [4.69, 9.17) is 0 Å². The molecule has 0 spiro atoms. The molecule has 2 aromatic rings. The van der Waals surface area contributed by atoms with E-state index >= 15 is 0 Å². The lowest BCUT2D eigenvalue weighted by Crippen LogP contribution is -2.44. The summed E-state index contributed by atoms with van der Waals surface area (Å²) in [6.45, 7) is 9.77. The summed E-state index contributed by atoms with van der Waals surface area (Å²) in [5.74, 6) is 0.709. The summed E-state index contributed by atoms with van der Waals surface area (Å²) >= 11 is 0. The zero-order chi connectivity index (χ0) is 17.6. The van der Waals surface area contributed by atoms with Crippen LogP contribution < -0.4 is 0 Å². The van der Waals surface area contributed by atoms with Crippen molar-refractivity contribution in [2.24, 2.45) is 5.92 Å². The van der Waals surface area contributed by atoms with E-state index in [-0.39, 0.29) is 5.92 Å². The highest BCUT2D eigenvalue weighted by molar-refractivity contribution is 5.51. The molecule has 2 aliphatic rings. The van der Waals surface area contributed by atoms with Gasteiger partial charge in [0, 0.05) is 18.4 Å². The molecule has 0 radical (unpaired) electrons. The van der Waals surface area contributed by atoms with E-state index in [9.17, 15) is 5.11 Å². The molecule has 2 nitrogen and oxygen atoms in total. The van der Waals surface area contributed by atoms with Crippen molar-refractivity contribution in [1.82, 2.24) is 4.90 Å². The molecule has 1 saturated heterocycles. The molecule has 1 fully saturated rings. The van der Waals surface area contributed by atoms with Crippen LogP contribution in [0, 0.1) is 12.8 Å². The second kappa shape index (κ2) is 6.26. The van der Waals surface area contributed by atoms with Crippen LogP contribution in [0.15, 0.2) is 42.5 Å². The maximum Gasteiger partial charge on any atom is 0.118 e. The minimum atomic E-state index is -0.849. The summed E-state index contributed by atoms with van der Waals surface area (Å²) in [5.41, 5.74) is 5.29. The van der Waals surface area contributed by atoms with Gasteiger partial charge >= 0.3 is 0 Å². The van der Waals surface area contributed by atoms with Crippen molar-refractivity contribution in [3.8, 4) is 0 Å². The van der Waals surface area contributed by atoms with Gasteiger partial charge in [0.1, 0.15) is 5.60 Å². The molecular weight excluding hydrogens is 306 g/mol. The van der Waals surface area contributed by atoms with Gasteiger partial charge in [-0.1, -0.05) is 61.9 Å². The number of benzene rings is 2. The highest BCUT2D eigenvalue weighted by atomic mass is 16.3. The van der Waals surface area contributed by atoms with Crippen LogP contribution in [-0.2, 0) is 12.0 Å². The van der Waals surface area contributed by atoms with E-state index in [1.165, 1.54) is 16.7 Å². The Labute approximate surface area is 151 Å². The first-order valence-electron chi connectivity index (χ1n) is 9.73. The van der Waals surface area contributed by atoms with E-state index in [0.717, 1.165) is 43.6 Å². The van der Waals surface area contributed by atoms with Crippen LogP contribution in [0.5, 0.6) is 0 Å². The van der Waals surface area contributed by atoms with Crippen molar-refractivity contribution in [1.29, 1.82) is 0 Å². The molecule has 1 aliphatic heterocycles. The number of fused-ring (bicyclic) bond motifs is 3. The highest BCUT2D eigenvalue weighted by Gasteiger charge is 2.53. The van der Waals surface area contributed by atoms with Crippen molar-refractivity contribution >= 4 is 0 Å². The predicted molar refractivity (Wildman–Crippen MR) is 103 cm³/mol. The summed E-state index contributed by atoms with van der Waals surface area (Å²) in [4.78, 5) is 2.53. The molecule has 0 saturated carbocycles. The van der Waals surface area contributed by atoms with Crippen molar-refractivity contribution in [2.75, 3.05) is 19.6 Å². The normalized spacial score (nSPS) is 28.6. The van der Waals surface area contributed by atoms with Gasteiger partial charge in [-0.2, -0.15) is 0 Å². The number of likely N-dealkylation sites (N-methyl/N-ethyl adjacent to an activating group) is 1. The summed E-state index contributed by atoms with van der Waals surface area (Å²) < 4.78 is 0. The Balaban J connectivity index is 1.87. The molecule has 4 rings (SSSR count). The number of hydrogen-bond acceptors (Lipinski definition) is 2. The average Bonchev–Trinajstić information content (AvgIpc) is 2.91. The van der Waals surface area contributed by atoms with Crippen LogP contribution >= 0.6 is 0 Å². The molecule has 3 atom stereocenters.